The van der Waals surface area contributed by atoms with Crippen LogP contribution in [0.5, 0.6) is 5.75 Å². The number of sulfonamides is 1. The molecule has 4 aromatic rings. The highest BCUT2D eigenvalue weighted by Crippen LogP contribution is 2.34. The monoisotopic (exact) mass is 649 g/mol. The van der Waals surface area contributed by atoms with Crippen LogP contribution in [-0.2, 0) is 32.6 Å². The van der Waals surface area contributed by atoms with Crippen LogP contribution in [0.3, 0.4) is 0 Å². The fraction of sp³-hybridized carbons (Fsp3) is 0.394. The SMILES string of the molecule is Cc1ccc(C(CC(=O)O)c2ccc3c(c2)nnn3CCNC(=O)OC(C)(C)C)cc1CN1C[C@@H](C)Oc2ccccc2S1(=O)=O. The Morgan fingerprint density at radius 2 is 1.83 bits per heavy atom. The van der Waals surface area contributed by atoms with E-state index < -0.39 is 33.6 Å². The third kappa shape index (κ3) is 7.48. The molecule has 0 fully saturated rings. The Morgan fingerprint density at radius 1 is 1.11 bits per heavy atom. The number of carbonyl (C=O) groups is 2. The van der Waals surface area contributed by atoms with Gasteiger partial charge in [0.05, 0.1) is 25.0 Å². The maximum atomic E-state index is 13.7. The summed E-state index contributed by atoms with van der Waals surface area (Å²) in [6, 6.07) is 17.8. The molecule has 13 heteroatoms. The molecule has 12 nitrogen and oxygen atoms in total. The molecule has 0 spiro atoms. The van der Waals surface area contributed by atoms with Crippen LogP contribution in [0.25, 0.3) is 11.0 Å². The maximum absolute atomic E-state index is 13.7. The Morgan fingerprint density at radius 3 is 2.57 bits per heavy atom. The molecule has 2 atom stereocenters. The number of nitrogens with one attached hydrogen (secondary N) is 1. The Balaban J connectivity index is 1.40. The number of amides is 1. The number of aliphatic carboxylic acids is 1. The van der Waals surface area contributed by atoms with Crippen molar-refractivity contribution in [2.75, 3.05) is 13.1 Å². The fourth-order valence-electron chi connectivity index (χ4n) is 5.51. The van der Waals surface area contributed by atoms with Gasteiger partial charge in [-0.05, 0) is 81.1 Å². The van der Waals surface area contributed by atoms with Crippen LogP contribution in [0, 0.1) is 6.92 Å². The number of hydrogen-bond donors (Lipinski definition) is 2. The summed E-state index contributed by atoms with van der Waals surface area (Å²) in [7, 11) is -3.85. The highest BCUT2D eigenvalue weighted by molar-refractivity contribution is 7.89. The van der Waals surface area contributed by atoms with Gasteiger partial charge in [-0.2, -0.15) is 4.31 Å². The maximum Gasteiger partial charge on any atom is 0.407 e. The number of nitrogens with zero attached hydrogens (tertiary/aromatic N) is 4. The molecule has 3 aromatic carbocycles. The quantitative estimate of drug-likeness (QED) is 0.259. The zero-order valence-corrected chi connectivity index (χ0v) is 27.4. The summed E-state index contributed by atoms with van der Waals surface area (Å²) in [6.07, 6.45) is -1.06. The molecule has 0 bridgehead atoms. The zero-order valence-electron chi connectivity index (χ0n) is 26.6. The summed E-state index contributed by atoms with van der Waals surface area (Å²) >= 11 is 0. The summed E-state index contributed by atoms with van der Waals surface area (Å²) in [6.45, 7) is 10.0. The van der Waals surface area contributed by atoms with Crippen LogP contribution < -0.4 is 10.1 Å². The van der Waals surface area contributed by atoms with Gasteiger partial charge in [-0.25, -0.2) is 17.9 Å². The summed E-state index contributed by atoms with van der Waals surface area (Å²) in [4.78, 5) is 24.2. The third-order valence-electron chi connectivity index (χ3n) is 7.69. The Bertz CT molecular complexity index is 1870. The van der Waals surface area contributed by atoms with Gasteiger partial charge in [-0.1, -0.05) is 41.6 Å². The molecule has 0 saturated carbocycles. The minimum Gasteiger partial charge on any atom is -0.488 e. The summed E-state index contributed by atoms with van der Waals surface area (Å²) in [5.74, 6) is -1.16. The molecule has 2 heterocycles. The summed E-state index contributed by atoms with van der Waals surface area (Å²) in [5, 5.41) is 21.1. The van der Waals surface area contributed by atoms with Crippen molar-refractivity contribution < 1.29 is 32.6 Å². The van der Waals surface area contributed by atoms with Crippen molar-refractivity contribution in [3.05, 3.63) is 82.9 Å². The first-order chi connectivity index (χ1) is 21.7. The molecule has 244 valence electrons. The normalized spacial score (nSPS) is 17.0. The molecular weight excluding hydrogens is 610 g/mol. The second-order valence-corrected chi connectivity index (χ2v) is 14.4. The number of alkyl carbamates (subject to hydrolysis) is 1. The number of ether oxygens (including phenoxy) is 2. The standard InChI is InChI=1S/C33H39N5O7S/c1-21-10-11-23(16-25(21)20-37-19-22(2)44-29-8-6-7-9-30(29)46(37,42)43)26(18-31(39)40)24-12-13-28-27(17-24)35-36-38(28)15-14-34-32(41)45-33(3,4)5/h6-13,16-17,22,26H,14-15,18-20H2,1-5H3,(H,34,41)(H,39,40)/t22-,26?/m1/s1. The van der Waals surface area contributed by atoms with Crippen molar-refractivity contribution in [2.24, 2.45) is 0 Å². The molecule has 5 rings (SSSR count). The lowest BCUT2D eigenvalue weighted by molar-refractivity contribution is -0.137. The third-order valence-corrected chi connectivity index (χ3v) is 9.54. The number of carbonyl (C=O) groups excluding carboxylic acids is 1. The first kappa shape index (κ1) is 32.9. The van der Waals surface area contributed by atoms with Crippen LogP contribution in [0.2, 0.25) is 0 Å². The van der Waals surface area contributed by atoms with Gasteiger partial charge >= 0.3 is 12.1 Å². The largest absolute Gasteiger partial charge is 0.488 e. The number of carboxylic acid groups (broad SMARTS) is 1. The smallest absolute Gasteiger partial charge is 0.407 e. The number of aryl methyl sites for hydroxylation is 1. The molecule has 2 N–H and O–H groups in total. The van der Waals surface area contributed by atoms with Gasteiger partial charge in [-0.15, -0.1) is 5.10 Å². The van der Waals surface area contributed by atoms with E-state index in [-0.39, 0.29) is 37.1 Å². The van der Waals surface area contributed by atoms with E-state index in [9.17, 15) is 23.1 Å². The van der Waals surface area contributed by atoms with E-state index >= 15 is 0 Å². The van der Waals surface area contributed by atoms with E-state index in [4.69, 9.17) is 9.47 Å². The van der Waals surface area contributed by atoms with Gasteiger partial charge in [-0.3, -0.25) is 4.79 Å². The minimum absolute atomic E-state index is 0.106. The van der Waals surface area contributed by atoms with Gasteiger partial charge in [0.2, 0.25) is 10.0 Å². The van der Waals surface area contributed by atoms with E-state index in [1.54, 1.807) is 49.7 Å². The van der Waals surface area contributed by atoms with Crippen LogP contribution in [0.1, 0.15) is 62.3 Å². The predicted octanol–water partition coefficient (Wildman–Crippen LogP) is 4.84. The predicted molar refractivity (Wildman–Crippen MR) is 171 cm³/mol. The second-order valence-electron chi connectivity index (χ2n) is 12.5. The molecule has 0 radical (unpaired) electrons. The van der Waals surface area contributed by atoms with Gasteiger partial charge in [0.25, 0.3) is 0 Å². The van der Waals surface area contributed by atoms with Crippen LogP contribution in [0.4, 0.5) is 4.79 Å². The lowest BCUT2D eigenvalue weighted by atomic mass is 9.86. The van der Waals surface area contributed by atoms with Gasteiger partial charge in [0, 0.05) is 19.0 Å². The molecule has 0 saturated heterocycles. The summed E-state index contributed by atoms with van der Waals surface area (Å²) in [5.41, 5.74) is 3.85. The number of carboxylic acids is 1. The highest BCUT2D eigenvalue weighted by atomic mass is 32.2. The van der Waals surface area contributed by atoms with Gasteiger partial charge in [0.15, 0.2) is 0 Å². The minimum atomic E-state index is -3.85. The first-order valence-electron chi connectivity index (χ1n) is 15.1. The van der Waals surface area contributed by atoms with Crippen molar-refractivity contribution in [1.82, 2.24) is 24.6 Å². The van der Waals surface area contributed by atoms with E-state index in [1.807, 2.05) is 50.2 Å². The molecule has 46 heavy (non-hydrogen) atoms. The second kappa shape index (κ2) is 13.1. The number of benzene rings is 3. The van der Waals surface area contributed by atoms with E-state index in [0.717, 1.165) is 27.8 Å². The molecular formula is C33H39N5O7S. The molecule has 1 amide bonds. The lowest BCUT2D eigenvalue weighted by Crippen LogP contribution is -2.35. The van der Waals surface area contributed by atoms with E-state index in [2.05, 4.69) is 15.6 Å². The van der Waals surface area contributed by atoms with Gasteiger partial charge in [0.1, 0.15) is 27.9 Å². The van der Waals surface area contributed by atoms with E-state index in [0.29, 0.717) is 17.8 Å². The Kier molecular flexibility index (Phi) is 9.36. The Hall–Kier alpha value is -4.49. The van der Waals surface area contributed by atoms with Crippen LogP contribution in [-0.4, -0.2) is 69.7 Å². The molecule has 1 aromatic heterocycles. The molecule has 1 unspecified atom stereocenters. The van der Waals surface area contributed by atoms with Crippen molar-refractivity contribution in [2.45, 2.75) is 76.6 Å². The zero-order chi connectivity index (χ0) is 33.2. The average molecular weight is 650 g/mol. The highest BCUT2D eigenvalue weighted by Gasteiger charge is 2.33. The lowest BCUT2D eigenvalue weighted by Gasteiger charge is -2.24. The molecule has 1 aliphatic heterocycles. The van der Waals surface area contributed by atoms with Crippen molar-refractivity contribution in [3.63, 3.8) is 0 Å². The van der Waals surface area contributed by atoms with Crippen LogP contribution in [0.15, 0.2) is 65.6 Å². The van der Waals surface area contributed by atoms with Crippen molar-refractivity contribution in [3.8, 4) is 5.75 Å². The van der Waals surface area contributed by atoms with Crippen LogP contribution >= 0.6 is 0 Å². The van der Waals surface area contributed by atoms with Crippen molar-refractivity contribution >= 4 is 33.1 Å². The molecule has 1 aliphatic rings. The number of fused-ring (bicyclic) bond motifs is 2. The van der Waals surface area contributed by atoms with E-state index in [1.165, 1.54) is 4.31 Å². The average Bonchev–Trinajstić information content (AvgIpc) is 3.34. The van der Waals surface area contributed by atoms with Gasteiger partial charge < -0.3 is 19.9 Å². The Labute approximate surface area is 268 Å². The summed E-state index contributed by atoms with van der Waals surface area (Å²) < 4.78 is 41.6. The first-order valence-corrected chi connectivity index (χ1v) is 16.5. The number of rotatable bonds is 9. The fourth-order valence-corrected chi connectivity index (χ4v) is 7.12. The molecule has 0 aliphatic carbocycles. The topological polar surface area (TPSA) is 153 Å². The van der Waals surface area contributed by atoms with Crippen molar-refractivity contribution in [1.29, 1.82) is 0 Å². The number of para-hydroxylation sites is 1. The number of hydrogen-bond acceptors (Lipinski definition) is 8. The number of aromatic nitrogens is 3.